The van der Waals surface area contributed by atoms with E-state index in [4.69, 9.17) is 5.11 Å². The second-order valence-corrected chi connectivity index (χ2v) is 5.60. The molecule has 19 heavy (non-hydrogen) atoms. The first kappa shape index (κ1) is 16.0. The topological polar surface area (TPSA) is 69.6 Å². The minimum absolute atomic E-state index is 0.174. The van der Waals surface area contributed by atoms with E-state index >= 15 is 0 Å². The quantitative estimate of drug-likeness (QED) is 0.769. The largest absolute Gasteiger partial charge is 0.480 e. The Hall–Kier alpha value is -1.10. The van der Waals surface area contributed by atoms with Crippen LogP contribution < -0.4 is 5.32 Å². The van der Waals surface area contributed by atoms with Gasteiger partial charge in [0.05, 0.1) is 0 Å². The smallest absolute Gasteiger partial charge is 0.325 e. The van der Waals surface area contributed by atoms with Gasteiger partial charge in [-0.1, -0.05) is 6.42 Å². The Morgan fingerprint density at radius 1 is 1.32 bits per heavy atom. The highest BCUT2D eigenvalue weighted by atomic mass is 16.4. The van der Waals surface area contributed by atoms with Gasteiger partial charge < -0.3 is 10.4 Å². The van der Waals surface area contributed by atoms with E-state index < -0.39 is 12.0 Å². The van der Waals surface area contributed by atoms with Crippen LogP contribution in [-0.4, -0.2) is 46.6 Å². The van der Waals surface area contributed by atoms with E-state index in [-0.39, 0.29) is 5.91 Å². The highest BCUT2D eigenvalue weighted by Crippen LogP contribution is 2.22. The highest BCUT2D eigenvalue weighted by Gasteiger charge is 2.24. The second-order valence-electron chi connectivity index (χ2n) is 5.60. The second kappa shape index (κ2) is 7.48. The molecule has 0 aromatic carbocycles. The summed E-state index contributed by atoms with van der Waals surface area (Å²) < 4.78 is 0. The number of nitrogens with one attached hydrogen (secondary N) is 1. The Balaban J connectivity index is 2.25. The summed E-state index contributed by atoms with van der Waals surface area (Å²) in [5.74, 6) is -1.17. The van der Waals surface area contributed by atoms with E-state index in [2.05, 4.69) is 24.1 Å². The van der Waals surface area contributed by atoms with Crippen LogP contribution in [0.3, 0.4) is 0 Å². The van der Waals surface area contributed by atoms with Gasteiger partial charge in [0.25, 0.3) is 0 Å². The van der Waals surface area contributed by atoms with Crippen LogP contribution >= 0.6 is 0 Å². The Morgan fingerprint density at radius 3 is 2.42 bits per heavy atom. The van der Waals surface area contributed by atoms with E-state index in [0.717, 1.165) is 13.0 Å². The molecule has 0 radical (unpaired) electrons. The number of carbonyl (C=O) groups is 2. The third-order valence-corrected chi connectivity index (χ3v) is 3.94. The summed E-state index contributed by atoms with van der Waals surface area (Å²) in [6.07, 6.45) is 4.93. The van der Waals surface area contributed by atoms with Gasteiger partial charge in [-0.3, -0.25) is 14.5 Å². The molecule has 0 bridgehead atoms. The Labute approximate surface area is 115 Å². The number of hydrogen-bond donors (Lipinski definition) is 2. The predicted molar refractivity (Wildman–Crippen MR) is 74.0 cm³/mol. The molecule has 2 N–H and O–H groups in total. The maximum atomic E-state index is 11.6. The molecule has 5 nitrogen and oxygen atoms in total. The zero-order valence-corrected chi connectivity index (χ0v) is 12.2. The van der Waals surface area contributed by atoms with Crippen molar-refractivity contribution in [3.05, 3.63) is 0 Å². The van der Waals surface area contributed by atoms with Crippen LogP contribution in [0.15, 0.2) is 0 Å². The van der Waals surface area contributed by atoms with E-state index in [0.29, 0.717) is 18.5 Å². The minimum Gasteiger partial charge on any atom is -0.480 e. The first-order valence-electron chi connectivity index (χ1n) is 7.19. The Bertz CT molecular complexity index is 310. The molecule has 1 amide bonds. The molecule has 1 fully saturated rings. The number of rotatable bonds is 6. The van der Waals surface area contributed by atoms with Crippen LogP contribution in [0.1, 0.15) is 52.9 Å². The number of carboxylic acids is 1. The number of likely N-dealkylation sites (tertiary alicyclic amines) is 1. The molecule has 1 rings (SSSR count). The monoisotopic (exact) mass is 270 g/mol. The summed E-state index contributed by atoms with van der Waals surface area (Å²) >= 11 is 0. The summed E-state index contributed by atoms with van der Waals surface area (Å²) in [6, 6.07) is 0.370. The molecule has 0 aliphatic carbocycles. The van der Waals surface area contributed by atoms with E-state index in [1.54, 1.807) is 0 Å². The van der Waals surface area contributed by atoms with Crippen molar-refractivity contribution < 1.29 is 14.7 Å². The average molecular weight is 270 g/mol. The number of nitrogens with zero attached hydrogens (tertiary/aromatic N) is 1. The van der Waals surface area contributed by atoms with Gasteiger partial charge in [0.15, 0.2) is 0 Å². The number of carboxylic acid groups (broad SMARTS) is 1. The third kappa shape index (κ3) is 5.19. The first-order valence-corrected chi connectivity index (χ1v) is 7.19. The SMILES string of the molecule is CC(NC(=O)CCCN1C(C)CCCC1C)C(=O)O. The standard InChI is InChI=1S/C14H26N2O3/c1-10-6-4-7-11(2)16(10)9-5-8-13(17)15-12(3)14(18)19/h10-12H,4-9H2,1-3H3,(H,15,17)(H,18,19). The van der Waals surface area contributed by atoms with Crippen molar-refractivity contribution in [2.45, 2.75) is 71.0 Å². The molecule has 1 saturated heterocycles. The van der Waals surface area contributed by atoms with Crippen molar-refractivity contribution >= 4 is 11.9 Å². The van der Waals surface area contributed by atoms with Crippen LogP contribution in [0.5, 0.6) is 0 Å². The van der Waals surface area contributed by atoms with E-state index in [1.807, 2.05) is 0 Å². The van der Waals surface area contributed by atoms with Crippen molar-refractivity contribution in [1.29, 1.82) is 0 Å². The number of amides is 1. The van der Waals surface area contributed by atoms with Gasteiger partial charge in [0, 0.05) is 18.5 Å². The summed E-state index contributed by atoms with van der Waals surface area (Å²) in [4.78, 5) is 24.6. The van der Waals surface area contributed by atoms with Crippen molar-refractivity contribution in [1.82, 2.24) is 10.2 Å². The molecular weight excluding hydrogens is 244 g/mol. The molecule has 1 heterocycles. The molecule has 0 saturated carbocycles. The van der Waals surface area contributed by atoms with Gasteiger partial charge in [-0.05, 0) is 46.6 Å². The van der Waals surface area contributed by atoms with Crippen molar-refractivity contribution in [3.8, 4) is 0 Å². The number of aliphatic carboxylic acids is 1. The Kier molecular flexibility index (Phi) is 6.28. The molecule has 0 aromatic heterocycles. The molecule has 3 atom stereocenters. The summed E-state index contributed by atoms with van der Waals surface area (Å²) in [7, 11) is 0. The van der Waals surface area contributed by atoms with Gasteiger partial charge in [0.1, 0.15) is 6.04 Å². The molecule has 1 aliphatic heterocycles. The van der Waals surface area contributed by atoms with Crippen LogP contribution in [0.2, 0.25) is 0 Å². The lowest BCUT2D eigenvalue weighted by Gasteiger charge is -2.39. The lowest BCUT2D eigenvalue weighted by atomic mass is 9.97. The number of carbonyl (C=O) groups excluding carboxylic acids is 1. The predicted octanol–water partition coefficient (Wildman–Crippen LogP) is 1.62. The van der Waals surface area contributed by atoms with Crippen LogP contribution in [-0.2, 0) is 9.59 Å². The fourth-order valence-corrected chi connectivity index (χ4v) is 2.71. The molecule has 110 valence electrons. The van der Waals surface area contributed by atoms with E-state index in [1.165, 1.54) is 26.2 Å². The van der Waals surface area contributed by atoms with Crippen molar-refractivity contribution in [3.63, 3.8) is 0 Å². The normalized spacial score (nSPS) is 25.8. The molecule has 0 aromatic rings. The van der Waals surface area contributed by atoms with Gasteiger partial charge >= 0.3 is 5.97 Å². The first-order chi connectivity index (χ1) is 8.91. The lowest BCUT2D eigenvalue weighted by molar-refractivity contribution is -0.141. The van der Waals surface area contributed by atoms with Gasteiger partial charge in [-0.2, -0.15) is 0 Å². The summed E-state index contributed by atoms with van der Waals surface area (Å²) in [5, 5.41) is 11.2. The number of hydrogen-bond acceptors (Lipinski definition) is 3. The average Bonchev–Trinajstić information content (AvgIpc) is 2.32. The summed E-state index contributed by atoms with van der Waals surface area (Å²) in [5.41, 5.74) is 0. The van der Waals surface area contributed by atoms with Crippen molar-refractivity contribution in [2.24, 2.45) is 0 Å². The lowest BCUT2D eigenvalue weighted by Crippen LogP contribution is -2.44. The Morgan fingerprint density at radius 2 is 1.89 bits per heavy atom. The van der Waals surface area contributed by atoms with E-state index in [9.17, 15) is 9.59 Å². The summed E-state index contributed by atoms with van der Waals surface area (Å²) in [6.45, 7) is 6.87. The van der Waals surface area contributed by atoms with Gasteiger partial charge in [0.2, 0.25) is 5.91 Å². The minimum atomic E-state index is -0.994. The fourth-order valence-electron chi connectivity index (χ4n) is 2.71. The molecule has 3 unspecified atom stereocenters. The third-order valence-electron chi connectivity index (χ3n) is 3.94. The number of piperidine rings is 1. The molecule has 0 spiro atoms. The van der Waals surface area contributed by atoms with Crippen molar-refractivity contribution in [2.75, 3.05) is 6.54 Å². The van der Waals surface area contributed by atoms with Gasteiger partial charge in [-0.15, -0.1) is 0 Å². The van der Waals surface area contributed by atoms with Crippen LogP contribution in [0, 0.1) is 0 Å². The molecule has 5 heteroatoms. The highest BCUT2D eigenvalue weighted by molar-refractivity contribution is 5.83. The molecular formula is C14H26N2O3. The molecule has 1 aliphatic rings. The fraction of sp³-hybridized carbons (Fsp3) is 0.857. The zero-order chi connectivity index (χ0) is 14.4. The maximum Gasteiger partial charge on any atom is 0.325 e. The van der Waals surface area contributed by atoms with Crippen LogP contribution in [0.4, 0.5) is 0 Å². The zero-order valence-electron chi connectivity index (χ0n) is 12.2. The maximum absolute atomic E-state index is 11.6. The van der Waals surface area contributed by atoms with Gasteiger partial charge in [-0.25, -0.2) is 0 Å². The van der Waals surface area contributed by atoms with Crippen LogP contribution in [0.25, 0.3) is 0 Å².